The summed E-state index contributed by atoms with van der Waals surface area (Å²) in [6, 6.07) is 18.4. The van der Waals surface area contributed by atoms with Crippen LogP contribution in [-0.4, -0.2) is 58.4 Å². The quantitative estimate of drug-likeness (QED) is 0.720. The molecular weight excluding hydrogens is 404 g/mol. The Balaban J connectivity index is 1.25. The van der Waals surface area contributed by atoms with Crippen molar-refractivity contribution in [2.45, 2.75) is 56.2 Å². The maximum Gasteiger partial charge on any atom is 0.411 e. The Hall–Kier alpha value is -3.15. The fourth-order valence-corrected chi connectivity index (χ4v) is 5.28. The Kier molecular flexibility index (Phi) is 5.45. The highest BCUT2D eigenvalue weighted by Crippen LogP contribution is 2.41. The van der Waals surface area contributed by atoms with Gasteiger partial charge in [0.25, 0.3) is 5.91 Å². The minimum absolute atomic E-state index is 0.0476. The summed E-state index contributed by atoms with van der Waals surface area (Å²) in [6.45, 7) is 0.485. The number of rotatable bonds is 5. The van der Waals surface area contributed by atoms with Crippen LogP contribution in [-0.2, 0) is 16.0 Å². The minimum Gasteiger partial charge on any atom is -0.443 e. The van der Waals surface area contributed by atoms with Gasteiger partial charge in [-0.15, -0.1) is 0 Å². The van der Waals surface area contributed by atoms with E-state index in [-0.39, 0.29) is 24.3 Å². The summed E-state index contributed by atoms with van der Waals surface area (Å²) in [5.74, 6) is -0.235. The van der Waals surface area contributed by atoms with E-state index in [4.69, 9.17) is 4.74 Å². The van der Waals surface area contributed by atoms with Crippen molar-refractivity contribution in [2.24, 2.45) is 0 Å². The van der Waals surface area contributed by atoms with E-state index in [1.54, 1.807) is 21.9 Å². The second kappa shape index (κ2) is 8.41. The van der Waals surface area contributed by atoms with Crippen LogP contribution in [0.1, 0.15) is 48.0 Å². The lowest BCUT2D eigenvalue weighted by molar-refractivity contribution is -0.121. The van der Waals surface area contributed by atoms with Gasteiger partial charge in [0.1, 0.15) is 11.6 Å². The predicted octanol–water partition coefficient (Wildman–Crippen LogP) is 3.85. The van der Waals surface area contributed by atoms with E-state index in [2.05, 4.69) is 12.1 Å². The van der Waals surface area contributed by atoms with Crippen LogP contribution in [0.4, 0.5) is 4.79 Å². The number of ketones is 1. The molecule has 0 spiro atoms. The molecule has 5 rings (SSSR count). The van der Waals surface area contributed by atoms with Crippen LogP contribution < -0.4 is 0 Å². The van der Waals surface area contributed by atoms with Gasteiger partial charge in [-0.2, -0.15) is 0 Å². The zero-order valence-corrected chi connectivity index (χ0v) is 18.1. The molecule has 2 aromatic carbocycles. The largest absolute Gasteiger partial charge is 0.443 e. The molecule has 0 N–H and O–H groups in total. The number of hydrogen-bond acceptors (Lipinski definition) is 4. The molecular formula is C26H28N2O4. The van der Waals surface area contributed by atoms with Gasteiger partial charge in [0.05, 0.1) is 12.6 Å². The normalized spacial score (nSPS) is 23.6. The van der Waals surface area contributed by atoms with Gasteiger partial charge in [0.15, 0.2) is 5.78 Å². The Morgan fingerprint density at radius 2 is 1.66 bits per heavy atom. The van der Waals surface area contributed by atoms with Crippen molar-refractivity contribution >= 4 is 17.8 Å². The number of carbonyl (C=O) groups excluding carboxylic acids is 3. The fraction of sp³-hybridized carbons (Fsp3) is 0.423. The lowest BCUT2D eigenvalue weighted by atomic mass is 9.76. The first-order valence-electron chi connectivity index (χ1n) is 11.5. The summed E-state index contributed by atoms with van der Waals surface area (Å²) in [6.07, 6.45) is 4.61. The van der Waals surface area contributed by atoms with E-state index in [0.717, 1.165) is 32.1 Å². The Labute approximate surface area is 188 Å². The highest BCUT2D eigenvalue weighted by atomic mass is 16.6. The average molecular weight is 433 g/mol. The highest BCUT2D eigenvalue weighted by Gasteiger charge is 2.53. The molecule has 0 radical (unpaired) electrons. The smallest absolute Gasteiger partial charge is 0.411 e. The second-order valence-corrected chi connectivity index (χ2v) is 9.15. The maximum atomic E-state index is 13.1. The van der Waals surface area contributed by atoms with E-state index < -0.39 is 17.7 Å². The van der Waals surface area contributed by atoms with Crippen LogP contribution in [0.3, 0.4) is 0 Å². The molecule has 3 fully saturated rings. The van der Waals surface area contributed by atoms with Crippen LogP contribution in [0.5, 0.6) is 0 Å². The predicted molar refractivity (Wildman–Crippen MR) is 119 cm³/mol. The number of amides is 2. The molecule has 2 heterocycles. The number of hydrogen-bond donors (Lipinski definition) is 0. The third-order valence-electron chi connectivity index (χ3n) is 7.22. The van der Waals surface area contributed by atoms with Gasteiger partial charge in [-0.25, -0.2) is 4.79 Å². The van der Waals surface area contributed by atoms with E-state index in [0.29, 0.717) is 18.5 Å². The minimum atomic E-state index is -0.596. The first kappa shape index (κ1) is 20.7. The van der Waals surface area contributed by atoms with Crippen molar-refractivity contribution < 1.29 is 19.1 Å². The van der Waals surface area contributed by atoms with Crippen LogP contribution in [0.25, 0.3) is 0 Å². The molecule has 1 saturated carbocycles. The van der Waals surface area contributed by atoms with Crippen molar-refractivity contribution in [1.82, 2.24) is 9.80 Å². The van der Waals surface area contributed by atoms with Crippen LogP contribution in [0.15, 0.2) is 60.7 Å². The van der Waals surface area contributed by atoms with Gasteiger partial charge in [-0.1, -0.05) is 48.5 Å². The lowest BCUT2D eigenvalue weighted by Gasteiger charge is -2.42. The number of fused-ring (bicyclic) bond motifs is 1. The summed E-state index contributed by atoms with van der Waals surface area (Å²) in [4.78, 5) is 42.1. The van der Waals surface area contributed by atoms with Crippen molar-refractivity contribution in [3.63, 3.8) is 0 Å². The summed E-state index contributed by atoms with van der Waals surface area (Å²) < 4.78 is 6.05. The van der Waals surface area contributed by atoms with Gasteiger partial charge in [0, 0.05) is 12.1 Å². The Morgan fingerprint density at radius 1 is 0.969 bits per heavy atom. The van der Waals surface area contributed by atoms with Gasteiger partial charge < -0.3 is 9.64 Å². The lowest BCUT2D eigenvalue weighted by Crippen LogP contribution is -2.49. The maximum absolute atomic E-state index is 13.1. The van der Waals surface area contributed by atoms with E-state index >= 15 is 0 Å². The highest BCUT2D eigenvalue weighted by molar-refractivity contribution is 6.02. The van der Waals surface area contributed by atoms with Crippen molar-refractivity contribution in [3.05, 3.63) is 71.8 Å². The number of likely N-dealkylation sites (tertiary alicyclic amines) is 2. The number of benzene rings is 2. The zero-order valence-electron chi connectivity index (χ0n) is 18.1. The zero-order chi connectivity index (χ0) is 22.1. The summed E-state index contributed by atoms with van der Waals surface area (Å²) in [5.41, 5.74) is 1.36. The molecule has 1 aliphatic carbocycles. The monoisotopic (exact) mass is 432 g/mol. The molecule has 2 amide bonds. The van der Waals surface area contributed by atoms with E-state index in [1.807, 2.05) is 36.4 Å². The molecule has 2 unspecified atom stereocenters. The van der Waals surface area contributed by atoms with Gasteiger partial charge in [-0.05, 0) is 56.2 Å². The molecule has 3 aliphatic rings. The molecule has 2 aliphatic heterocycles. The number of ether oxygens (including phenoxy) is 1. The molecule has 2 atom stereocenters. The van der Waals surface area contributed by atoms with Gasteiger partial charge >= 0.3 is 6.09 Å². The first-order valence-corrected chi connectivity index (χ1v) is 11.5. The Bertz CT molecular complexity index is 1000. The fourth-order valence-electron chi connectivity index (χ4n) is 5.28. The number of Topliss-reactive ketones (excluding diaryl/α,β-unsaturated/α-hetero) is 1. The molecule has 2 aromatic rings. The molecule has 0 bridgehead atoms. The first-order chi connectivity index (χ1) is 15.6. The Morgan fingerprint density at radius 3 is 2.31 bits per heavy atom. The third-order valence-corrected chi connectivity index (χ3v) is 7.22. The molecule has 6 heteroatoms. The molecule has 6 nitrogen and oxygen atoms in total. The molecule has 0 aromatic heterocycles. The van der Waals surface area contributed by atoms with Gasteiger partial charge in [-0.3, -0.25) is 14.5 Å². The molecule has 166 valence electrons. The van der Waals surface area contributed by atoms with Gasteiger partial charge in [0.2, 0.25) is 0 Å². The number of carbonyl (C=O) groups is 3. The van der Waals surface area contributed by atoms with Crippen LogP contribution in [0.2, 0.25) is 0 Å². The van der Waals surface area contributed by atoms with Crippen LogP contribution >= 0.6 is 0 Å². The van der Waals surface area contributed by atoms with Crippen molar-refractivity contribution in [3.8, 4) is 0 Å². The van der Waals surface area contributed by atoms with Crippen molar-refractivity contribution in [2.75, 3.05) is 13.1 Å². The topological polar surface area (TPSA) is 66.9 Å². The second-order valence-electron chi connectivity index (χ2n) is 9.15. The standard InChI is InChI=1S/C26H28N2O4/c29-22-18-28(24(30)20-10-5-2-6-11-20)21-13-17-27(23(21)22)25(31)32-26(14-7-15-26)16-12-19-8-3-1-4-9-19/h1-6,8-11,21,23H,7,12-18H2. The number of nitrogens with zero attached hydrogens (tertiary/aromatic N) is 2. The summed E-state index contributed by atoms with van der Waals surface area (Å²) in [5, 5.41) is 0. The molecule has 32 heavy (non-hydrogen) atoms. The molecule has 2 saturated heterocycles. The van der Waals surface area contributed by atoms with Crippen molar-refractivity contribution in [1.29, 1.82) is 0 Å². The number of aryl methyl sites for hydroxylation is 1. The average Bonchev–Trinajstić information content (AvgIpc) is 3.38. The van der Waals surface area contributed by atoms with Crippen LogP contribution in [0, 0.1) is 0 Å². The van der Waals surface area contributed by atoms with E-state index in [1.165, 1.54) is 5.56 Å². The third kappa shape index (κ3) is 3.78. The SMILES string of the molecule is O=C1CN(C(=O)c2ccccc2)C2CCN(C(=O)OC3(CCc4ccccc4)CCC3)C12. The summed E-state index contributed by atoms with van der Waals surface area (Å²) in [7, 11) is 0. The van der Waals surface area contributed by atoms with E-state index in [9.17, 15) is 14.4 Å². The summed E-state index contributed by atoms with van der Waals surface area (Å²) >= 11 is 0.